The Morgan fingerprint density at radius 1 is 1.71 bits per heavy atom. The highest BCUT2D eigenvalue weighted by atomic mass is 32.1. The second-order valence-electron chi connectivity index (χ2n) is 4.50. The molecule has 0 radical (unpaired) electrons. The zero-order chi connectivity index (χ0) is 12.3. The summed E-state index contributed by atoms with van der Waals surface area (Å²) < 4.78 is 0. The van der Waals surface area contributed by atoms with Crippen LogP contribution in [0, 0.1) is 11.8 Å². The number of amides is 1. The van der Waals surface area contributed by atoms with Gasteiger partial charge < -0.3 is 10.4 Å². The Bertz CT molecular complexity index is 392. The Morgan fingerprint density at radius 2 is 2.53 bits per heavy atom. The molecule has 1 aromatic heterocycles. The van der Waals surface area contributed by atoms with E-state index in [4.69, 9.17) is 5.11 Å². The average Bonchev–Trinajstić information content (AvgIpc) is 2.94. The van der Waals surface area contributed by atoms with E-state index in [1.807, 2.05) is 5.38 Å². The molecule has 0 saturated heterocycles. The van der Waals surface area contributed by atoms with E-state index < -0.39 is 0 Å². The molecule has 5 heteroatoms. The van der Waals surface area contributed by atoms with E-state index in [0.29, 0.717) is 18.2 Å². The van der Waals surface area contributed by atoms with Gasteiger partial charge in [-0.15, -0.1) is 11.3 Å². The van der Waals surface area contributed by atoms with Crippen molar-refractivity contribution in [2.45, 2.75) is 39.3 Å². The summed E-state index contributed by atoms with van der Waals surface area (Å²) >= 11 is 1.47. The van der Waals surface area contributed by atoms with Gasteiger partial charge in [0.25, 0.3) is 0 Å². The van der Waals surface area contributed by atoms with Crippen LogP contribution in [0.3, 0.4) is 0 Å². The van der Waals surface area contributed by atoms with Crippen molar-refractivity contribution in [1.82, 2.24) is 10.3 Å². The van der Waals surface area contributed by atoms with E-state index in [2.05, 4.69) is 17.2 Å². The second-order valence-corrected chi connectivity index (χ2v) is 5.44. The molecule has 2 atom stereocenters. The molecule has 1 heterocycles. The van der Waals surface area contributed by atoms with Gasteiger partial charge in [-0.2, -0.15) is 0 Å². The molecule has 1 aliphatic carbocycles. The molecule has 1 fully saturated rings. The molecule has 0 bridgehead atoms. The van der Waals surface area contributed by atoms with Crippen molar-refractivity contribution in [3.63, 3.8) is 0 Å². The number of hydrogen-bond acceptors (Lipinski definition) is 4. The summed E-state index contributed by atoms with van der Waals surface area (Å²) in [6.07, 6.45) is 3.35. The number of nitrogens with one attached hydrogen (secondary N) is 1. The minimum absolute atomic E-state index is 0.0361. The largest absolute Gasteiger partial charge is 0.390 e. The molecule has 94 valence electrons. The highest BCUT2D eigenvalue weighted by Crippen LogP contribution is 2.42. The molecule has 1 aliphatic rings. The van der Waals surface area contributed by atoms with Crippen LogP contribution in [0.4, 0.5) is 0 Å². The standard InChI is InChI=1S/C12H18N2O2S/c1-2-3-8-4-10(8)12(16)13-5-11-14-9(6-15)7-17-11/h7-8,10,15H,2-6H2,1H3,(H,13,16)/t8-,10-/m1/s1. The number of hydrogen-bond donors (Lipinski definition) is 2. The SMILES string of the molecule is CCC[C@@H]1C[C@H]1C(=O)NCc1nc(CO)cs1. The third-order valence-corrected chi connectivity index (χ3v) is 3.99. The van der Waals surface area contributed by atoms with Crippen LogP contribution in [-0.4, -0.2) is 16.0 Å². The first-order valence-electron chi connectivity index (χ1n) is 6.06. The van der Waals surface area contributed by atoms with Crippen LogP contribution >= 0.6 is 11.3 Å². The summed E-state index contributed by atoms with van der Waals surface area (Å²) in [7, 11) is 0. The molecule has 0 aliphatic heterocycles. The van der Waals surface area contributed by atoms with Gasteiger partial charge in [0, 0.05) is 11.3 Å². The third-order valence-electron chi connectivity index (χ3n) is 3.09. The summed E-state index contributed by atoms with van der Waals surface area (Å²) in [6, 6.07) is 0. The lowest BCUT2D eigenvalue weighted by Crippen LogP contribution is -2.25. The van der Waals surface area contributed by atoms with Crippen molar-refractivity contribution < 1.29 is 9.90 Å². The number of carbonyl (C=O) groups is 1. The highest BCUT2D eigenvalue weighted by Gasteiger charge is 2.41. The fourth-order valence-electron chi connectivity index (χ4n) is 2.06. The minimum atomic E-state index is -0.0361. The molecule has 1 amide bonds. The van der Waals surface area contributed by atoms with Gasteiger partial charge in [0.15, 0.2) is 0 Å². The average molecular weight is 254 g/mol. The molecule has 1 saturated carbocycles. The molecule has 2 rings (SSSR count). The van der Waals surface area contributed by atoms with Crippen molar-refractivity contribution in [3.8, 4) is 0 Å². The zero-order valence-corrected chi connectivity index (χ0v) is 10.8. The van der Waals surface area contributed by atoms with Gasteiger partial charge >= 0.3 is 0 Å². The van der Waals surface area contributed by atoms with Gasteiger partial charge in [-0.05, 0) is 18.8 Å². The smallest absolute Gasteiger partial charge is 0.223 e. The lowest BCUT2D eigenvalue weighted by atomic mass is 10.2. The summed E-state index contributed by atoms with van der Waals surface area (Å²) in [6.45, 7) is 2.60. The molecule has 2 N–H and O–H groups in total. The zero-order valence-electron chi connectivity index (χ0n) is 9.98. The first kappa shape index (κ1) is 12.5. The van der Waals surface area contributed by atoms with Gasteiger partial charge in [0.2, 0.25) is 5.91 Å². The maximum absolute atomic E-state index is 11.8. The highest BCUT2D eigenvalue weighted by molar-refractivity contribution is 7.09. The second kappa shape index (κ2) is 5.60. The van der Waals surface area contributed by atoms with Crippen molar-refractivity contribution in [1.29, 1.82) is 0 Å². The van der Waals surface area contributed by atoms with Crippen LogP contribution in [-0.2, 0) is 17.9 Å². The molecule has 0 aromatic carbocycles. The van der Waals surface area contributed by atoms with Crippen molar-refractivity contribution in [2.75, 3.05) is 0 Å². The molecule has 0 spiro atoms. The van der Waals surface area contributed by atoms with Crippen LogP contribution in [0.5, 0.6) is 0 Å². The number of rotatable bonds is 6. The summed E-state index contributed by atoms with van der Waals surface area (Å²) in [5, 5.41) is 14.5. The van der Waals surface area contributed by atoms with Gasteiger partial charge in [-0.25, -0.2) is 4.98 Å². The lowest BCUT2D eigenvalue weighted by Gasteiger charge is -2.01. The van der Waals surface area contributed by atoms with Crippen molar-refractivity contribution >= 4 is 17.2 Å². The fourth-order valence-corrected chi connectivity index (χ4v) is 2.78. The maximum atomic E-state index is 11.8. The van der Waals surface area contributed by atoms with Gasteiger partial charge in [-0.1, -0.05) is 13.3 Å². The molecular formula is C12H18N2O2S. The molecule has 17 heavy (non-hydrogen) atoms. The van der Waals surface area contributed by atoms with Crippen LogP contribution < -0.4 is 5.32 Å². The van der Waals surface area contributed by atoms with Gasteiger partial charge in [0.1, 0.15) is 5.01 Å². The molecule has 4 nitrogen and oxygen atoms in total. The first-order chi connectivity index (χ1) is 8.24. The topological polar surface area (TPSA) is 62.2 Å². The van der Waals surface area contributed by atoms with E-state index in [-0.39, 0.29) is 18.4 Å². The normalized spacial score (nSPS) is 22.5. The van der Waals surface area contributed by atoms with E-state index >= 15 is 0 Å². The van der Waals surface area contributed by atoms with Crippen molar-refractivity contribution in [2.24, 2.45) is 11.8 Å². The maximum Gasteiger partial charge on any atom is 0.223 e. The number of aromatic nitrogens is 1. The van der Waals surface area contributed by atoms with E-state index in [1.54, 1.807) is 0 Å². The summed E-state index contributed by atoms with van der Waals surface area (Å²) in [4.78, 5) is 15.9. The Labute approximate surface area is 105 Å². The van der Waals surface area contributed by atoms with Crippen LogP contribution in [0.25, 0.3) is 0 Å². The number of carbonyl (C=O) groups excluding carboxylic acids is 1. The predicted octanol–water partition coefficient (Wildman–Crippen LogP) is 1.69. The van der Waals surface area contributed by atoms with E-state index in [9.17, 15) is 4.79 Å². The number of aliphatic hydroxyl groups excluding tert-OH is 1. The fraction of sp³-hybridized carbons (Fsp3) is 0.667. The Kier molecular flexibility index (Phi) is 4.12. The quantitative estimate of drug-likeness (QED) is 0.812. The monoisotopic (exact) mass is 254 g/mol. The van der Waals surface area contributed by atoms with Gasteiger partial charge in [0.05, 0.1) is 18.8 Å². The Hall–Kier alpha value is -0.940. The molecule has 0 unspecified atom stereocenters. The summed E-state index contributed by atoms with van der Waals surface area (Å²) in [5.41, 5.74) is 0.675. The van der Waals surface area contributed by atoms with Crippen molar-refractivity contribution in [3.05, 3.63) is 16.1 Å². The lowest BCUT2D eigenvalue weighted by molar-refractivity contribution is -0.122. The van der Waals surface area contributed by atoms with Crippen LogP contribution in [0.2, 0.25) is 0 Å². The van der Waals surface area contributed by atoms with E-state index in [0.717, 1.165) is 24.3 Å². The van der Waals surface area contributed by atoms with Crippen LogP contribution in [0.15, 0.2) is 5.38 Å². The first-order valence-corrected chi connectivity index (χ1v) is 6.94. The number of aliphatic hydroxyl groups is 1. The molecule has 1 aromatic rings. The van der Waals surface area contributed by atoms with Gasteiger partial charge in [-0.3, -0.25) is 4.79 Å². The third kappa shape index (κ3) is 3.26. The predicted molar refractivity (Wildman–Crippen MR) is 66.4 cm³/mol. The number of thiazole rings is 1. The Morgan fingerprint density at radius 3 is 3.18 bits per heavy atom. The van der Waals surface area contributed by atoms with Crippen LogP contribution in [0.1, 0.15) is 36.9 Å². The van der Waals surface area contributed by atoms with E-state index in [1.165, 1.54) is 11.3 Å². The summed E-state index contributed by atoms with van der Waals surface area (Å²) in [5.74, 6) is 0.987. The minimum Gasteiger partial charge on any atom is -0.390 e. The molecular weight excluding hydrogens is 236 g/mol. The Balaban J connectivity index is 1.73. The number of nitrogens with zero attached hydrogens (tertiary/aromatic N) is 1.